The summed E-state index contributed by atoms with van der Waals surface area (Å²) in [6.07, 6.45) is 8.64. The van der Waals surface area contributed by atoms with Crippen molar-refractivity contribution in [2.45, 2.75) is 63.3 Å². The first-order valence-electron chi connectivity index (χ1n) is 9.85. The summed E-state index contributed by atoms with van der Waals surface area (Å²) in [5.41, 5.74) is -0.653. The van der Waals surface area contributed by atoms with Crippen LogP contribution in [0.15, 0.2) is 0 Å². The molecule has 3 rings (SSSR count). The Kier molecular flexibility index (Phi) is 5.95. The van der Waals surface area contributed by atoms with E-state index in [0.29, 0.717) is 12.5 Å². The Balaban J connectivity index is 1.43. The van der Waals surface area contributed by atoms with Crippen LogP contribution in [0.3, 0.4) is 0 Å². The van der Waals surface area contributed by atoms with E-state index in [1.165, 1.54) is 0 Å². The number of rotatable bonds is 4. The summed E-state index contributed by atoms with van der Waals surface area (Å²) in [6.45, 7) is 3.75. The smallest absolute Gasteiger partial charge is 0.235 e. The molecule has 3 aliphatic rings. The SMILES string of the molecule is N#CC1(NC(=O)CN2CCC(C(=O)N3CCCC3)CC2)CCCCC1. The quantitative estimate of drug-likeness (QED) is 0.840. The molecule has 138 valence electrons. The lowest BCUT2D eigenvalue weighted by atomic mass is 9.83. The molecule has 2 heterocycles. The zero-order chi connectivity index (χ0) is 17.7. The average Bonchev–Trinajstić information content (AvgIpc) is 3.17. The molecule has 1 saturated carbocycles. The molecule has 0 atom stereocenters. The Labute approximate surface area is 150 Å². The van der Waals surface area contributed by atoms with Crippen LogP contribution in [0.4, 0.5) is 0 Å². The number of hydrogen-bond donors (Lipinski definition) is 1. The largest absolute Gasteiger partial charge is 0.342 e. The van der Waals surface area contributed by atoms with Gasteiger partial charge in [0.25, 0.3) is 0 Å². The average molecular weight is 346 g/mol. The molecule has 2 aliphatic heterocycles. The summed E-state index contributed by atoms with van der Waals surface area (Å²) in [4.78, 5) is 29.0. The van der Waals surface area contributed by atoms with Crippen molar-refractivity contribution in [2.75, 3.05) is 32.7 Å². The fraction of sp³-hybridized carbons (Fsp3) is 0.842. The molecule has 3 fully saturated rings. The van der Waals surface area contributed by atoms with Crippen molar-refractivity contribution in [2.24, 2.45) is 5.92 Å². The van der Waals surface area contributed by atoms with Gasteiger partial charge in [0.2, 0.25) is 11.8 Å². The number of carbonyl (C=O) groups excluding carboxylic acids is 2. The third-order valence-electron chi connectivity index (χ3n) is 6.02. The zero-order valence-corrected chi connectivity index (χ0v) is 15.1. The van der Waals surface area contributed by atoms with Crippen molar-refractivity contribution in [3.05, 3.63) is 0 Å². The standard InChI is InChI=1S/C19H30N4O2/c20-15-19(8-2-1-3-9-19)21-17(24)14-22-12-6-16(7-13-22)18(25)23-10-4-5-11-23/h16H,1-14H2,(H,21,24). The normalized spacial score (nSPS) is 24.7. The second-order valence-electron chi connectivity index (χ2n) is 7.89. The predicted molar refractivity (Wildman–Crippen MR) is 94.5 cm³/mol. The maximum atomic E-state index is 12.5. The van der Waals surface area contributed by atoms with Gasteiger partial charge in [-0.25, -0.2) is 0 Å². The van der Waals surface area contributed by atoms with E-state index in [9.17, 15) is 14.9 Å². The van der Waals surface area contributed by atoms with Crippen LogP contribution in [-0.4, -0.2) is 59.9 Å². The van der Waals surface area contributed by atoms with E-state index in [2.05, 4.69) is 16.3 Å². The summed E-state index contributed by atoms with van der Waals surface area (Å²) in [5, 5.41) is 12.5. The number of nitriles is 1. The molecular weight excluding hydrogens is 316 g/mol. The number of nitrogens with one attached hydrogen (secondary N) is 1. The molecule has 0 radical (unpaired) electrons. The van der Waals surface area contributed by atoms with E-state index in [-0.39, 0.29) is 11.8 Å². The van der Waals surface area contributed by atoms with Crippen molar-refractivity contribution in [3.8, 4) is 6.07 Å². The zero-order valence-electron chi connectivity index (χ0n) is 15.1. The molecule has 0 bridgehead atoms. The Hall–Kier alpha value is -1.61. The maximum absolute atomic E-state index is 12.5. The van der Waals surface area contributed by atoms with E-state index in [1.807, 2.05) is 4.90 Å². The van der Waals surface area contributed by atoms with Gasteiger partial charge in [-0.05, 0) is 51.6 Å². The van der Waals surface area contributed by atoms with Crippen molar-refractivity contribution in [1.29, 1.82) is 5.26 Å². The molecule has 6 nitrogen and oxygen atoms in total. The highest BCUT2D eigenvalue weighted by molar-refractivity contribution is 5.80. The Bertz CT molecular complexity index is 522. The third kappa shape index (κ3) is 4.52. The first kappa shape index (κ1) is 18.2. The van der Waals surface area contributed by atoms with Crippen LogP contribution >= 0.6 is 0 Å². The van der Waals surface area contributed by atoms with Gasteiger partial charge in [-0.1, -0.05) is 19.3 Å². The fourth-order valence-electron chi connectivity index (χ4n) is 4.46. The summed E-state index contributed by atoms with van der Waals surface area (Å²) >= 11 is 0. The van der Waals surface area contributed by atoms with Crippen LogP contribution in [0.2, 0.25) is 0 Å². The minimum Gasteiger partial charge on any atom is -0.342 e. The molecule has 0 aromatic heterocycles. The molecule has 25 heavy (non-hydrogen) atoms. The number of nitrogens with zero attached hydrogens (tertiary/aromatic N) is 3. The van der Waals surface area contributed by atoms with E-state index in [1.54, 1.807) is 0 Å². The molecule has 0 aromatic carbocycles. The molecule has 6 heteroatoms. The van der Waals surface area contributed by atoms with Gasteiger partial charge < -0.3 is 10.2 Å². The second-order valence-corrected chi connectivity index (χ2v) is 7.89. The number of likely N-dealkylation sites (tertiary alicyclic amines) is 2. The number of hydrogen-bond acceptors (Lipinski definition) is 4. The number of piperidine rings is 1. The van der Waals surface area contributed by atoms with Gasteiger partial charge in [0.05, 0.1) is 12.6 Å². The Morgan fingerprint density at radius 1 is 1.00 bits per heavy atom. The van der Waals surface area contributed by atoms with E-state index in [4.69, 9.17) is 0 Å². The minimum atomic E-state index is -0.653. The Morgan fingerprint density at radius 3 is 2.24 bits per heavy atom. The van der Waals surface area contributed by atoms with Crippen LogP contribution in [0.5, 0.6) is 0 Å². The highest BCUT2D eigenvalue weighted by Crippen LogP contribution is 2.27. The fourth-order valence-corrected chi connectivity index (χ4v) is 4.46. The molecule has 0 spiro atoms. The summed E-state index contributed by atoms with van der Waals surface area (Å²) < 4.78 is 0. The van der Waals surface area contributed by atoms with Gasteiger partial charge in [-0.3, -0.25) is 14.5 Å². The molecule has 1 aliphatic carbocycles. The van der Waals surface area contributed by atoms with Gasteiger partial charge >= 0.3 is 0 Å². The monoisotopic (exact) mass is 346 g/mol. The van der Waals surface area contributed by atoms with Crippen LogP contribution in [0.1, 0.15) is 57.8 Å². The first-order chi connectivity index (χ1) is 12.1. The van der Waals surface area contributed by atoms with E-state index in [0.717, 1.165) is 84.0 Å². The summed E-state index contributed by atoms with van der Waals surface area (Å²) in [5.74, 6) is 0.390. The maximum Gasteiger partial charge on any atom is 0.235 e. The molecule has 0 unspecified atom stereocenters. The van der Waals surface area contributed by atoms with Crippen LogP contribution in [0, 0.1) is 17.2 Å². The summed E-state index contributed by atoms with van der Waals surface area (Å²) in [6, 6.07) is 2.34. The second kappa shape index (κ2) is 8.18. The van der Waals surface area contributed by atoms with Gasteiger partial charge in [-0.15, -0.1) is 0 Å². The van der Waals surface area contributed by atoms with Crippen LogP contribution in [-0.2, 0) is 9.59 Å². The minimum absolute atomic E-state index is 0.0484. The highest BCUT2D eigenvalue weighted by atomic mass is 16.2. The van der Waals surface area contributed by atoms with Gasteiger partial charge in [0.1, 0.15) is 5.54 Å². The molecule has 1 N–H and O–H groups in total. The van der Waals surface area contributed by atoms with E-state index >= 15 is 0 Å². The number of amides is 2. The first-order valence-corrected chi connectivity index (χ1v) is 9.85. The van der Waals surface area contributed by atoms with Crippen LogP contribution < -0.4 is 5.32 Å². The predicted octanol–water partition coefficient (Wildman–Crippen LogP) is 1.66. The van der Waals surface area contributed by atoms with Crippen molar-refractivity contribution >= 4 is 11.8 Å². The van der Waals surface area contributed by atoms with Gasteiger partial charge in [0, 0.05) is 19.0 Å². The van der Waals surface area contributed by atoms with Gasteiger partial charge in [-0.2, -0.15) is 5.26 Å². The lowest BCUT2D eigenvalue weighted by molar-refractivity contribution is -0.136. The topological polar surface area (TPSA) is 76.4 Å². The lowest BCUT2D eigenvalue weighted by Gasteiger charge is -2.35. The Morgan fingerprint density at radius 2 is 1.64 bits per heavy atom. The number of carbonyl (C=O) groups is 2. The third-order valence-corrected chi connectivity index (χ3v) is 6.02. The van der Waals surface area contributed by atoms with E-state index < -0.39 is 5.54 Å². The highest BCUT2D eigenvalue weighted by Gasteiger charge is 2.35. The molecule has 2 amide bonds. The van der Waals surface area contributed by atoms with Crippen molar-refractivity contribution in [3.63, 3.8) is 0 Å². The van der Waals surface area contributed by atoms with Crippen LogP contribution in [0.25, 0.3) is 0 Å². The molecule has 0 aromatic rings. The molecule has 2 saturated heterocycles. The van der Waals surface area contributed by atoms with Gasteiger partial charge in [0.15, 0.2) is 0 Å². The lowest BCUT2D eigenvalue weighted by Crippen LogP contribution is -2.52. The van der Waals surface area contributed by atoms with Crippen molar-refractivity contribution in [1.82, 2.24) is 15.1 Å². The summed E-state index contributed by atoms with van der Waals surface area (Å²) in [7, 11) is 0. The van der Waals surface area contributed by atoms with Crippen molar-refractivity contribution < 1.29 is 9.59 Å². The molecular formula is C19H30N4O2.